The van der Waals surface area contributed by atoms with Crippen LogP contribution in [0, 0.1) is 5.92 Å². The number of hydrogen-bond donors (Lipinski definition) is 1. The first-order chi connectivity index (χ1) is 19.1. The summed E-state index contributed by atoms with van der Waals surface area (Å²) in [6, 6.07) is 3.61. The monoisotopic (exact) mass is 539 g/mol. The smallest absolute Gasteiger partial charge is 0.305 e. The van der Waals surface area contributed by atoms with Gasteiger partial charge in [-0.05, 0) is 68.0 Å². The molecule has 9 nitrogen and oxygen atoms in total. The van der Waals surface area contributed by atoms with E-state index in [1.165, 1.54) is 51.9 Å². The standard InChI is InChI=1S/C30H41N3O6/c1-36-27(34)13-12-22-17-25-26(39-20-38-25)18-23(22)28(33-15-7-8-16-33)30-32-24(19-37-30)29(35)31-14-6-5-11-21-9-3-2-4-10-21/h17-19,21,28H,2-16,20H2,1H3,(H,31,35). The van der Waals surface area contributed by atoms with E-state index in [1.807, 2.05) is 12.1 Å². The Kier molecular flexibility index (Phi) is 9.40. The van der Waals surface area contributed by atoms with Crippen molar-refractivity contribution in [1.82, 2.24) is 15.2 Å². The fourth-order valence-electron chi connectivity index (χ4n) is 6.14. The third-order valence-corrected chi connectivity index (χ3v) is 8.30. The second-order valence-corrected chi connectivity index (χ2v) is 11.0. The topological polar surface area (TPSA) is 103 Å². The van der Waals surface area contributed by atoms with Gasteiger partial charge in [0.25, 0.3) is 5.91 Å². The van der Waals surface area contributed by atoms with Gasteiger partial charge < -0.3 is 23.9 Å². The van der Waals surface area contributed by atoms with Crippen molar-refractivity contribution in [1.29, 1.82) is 0 Å². The Morgan fingerprint density at radius 1 is 1.08 bits per heavy atom. The molecule has 1 saturated carbocycles. The zero-order valence-electron chi connectivity index (χ0n) is 23.0. The lowest BCUT2D eigenvalue weighted by atomic mass is 9.86. The molecule has 212 valence electrons. The molecule has 1 aromatic heterocycles. The molecule has 1 amide bonds. The number of aryl methyl sites for hydroxylation is 1. The molecule has 0 radical (unpaired) electrons. The third kappa shape index (κ3) is 6.93. The highest BCUT2D eigenvalue weighted by atomic mass is 16.7. The van der Waals surface area contributed by atoms with Gasteiger partial charge >= 0.3 is 5.97 Å². The number of oxazole rings is 1. The molecular weight excluding hydrogens is 498 g/mol. The Morgan fingerprint density at radius 3 is 2.62 bits per heavy atom. The minimum atomic E-state index is -0.299. The first-order valence-corrected chi connectivity index (χ1v) is 14.6. The Morgan fingerprint density at radius 2 is 1.85 bits per heavy atom. The van der Waals surface area contributed by atoms with Crippen molar-refractivity contribution in [2.75, 3.05) is 33.5 Å². The van der Waals surface area contributed by atoms with Crippen LogP contribution in [0.3, 0.4) is 0 Å². The van der Waals surface area contributed by atoms with Gasteiger partial charge in [-0.3, -0.25) is 14.5 Å². The van der Waals surface area contributed by atoms with E-state index in [9.17, 15) is 9.59 Å². The summed E-state index contributed by atoms with van der Waals surface area (Å²) >= 11 is 0. The number of methoxy groups -OCH3 is 1. The molecule has 5 rings (SSSR count). The SMILES string of the molecule is COC(=O)CCc1cc2c(cc1C(c1nc(C(=O)NCCCCC3CCCCC3)co1)N1CCCC1)OCO2. The van der Waals surface area contributed by atoms with Crippen LogP contribution < -0.4 is 14.8 Å². The Hall–Kier alpha value is -3.07. The van der Waals surface area contributed by atoms with Crippen LogP contribution in [0.1, 0.15) is 104 Å². The summed E-state index contributed by atoms with van der Waals surface area (Å²) in [5.74, 6) is 2.18. The number of carbonyl (C=O) groups is 2. The number of aromatic nitrogens is 1. The predicted molar refractivity (Wildman–Crippen MR) is 145 cm³/mol. The van der Waals surface area contributed by atoms with Gasteiger partial charge in [-0.1, -0.05) is 44.9 Å². The Labute approximate surface area is 230 Å². The summed E-state index contributed by atoms with van der Waals surface area (Å²) in [6.07, 6.45) is 14.6. The van der Waals surface area contributed by atoms with Crippen LogP contribution in [0.25, 0.3) is 0 Å². The van der Waals surface area contributed by atoms with Crippen LogP contribution >= 0.6 is 0 Å². The maximum atomic E-state index is 12.9. The molecule has 2 aliphatic heterocycles. The van der Waals surface area contributed by atoms with Crippen LogP contribution in [0.4, 0.5) is 0 Å². The summed E-state index contributed by atoms with van der Waals surface area (Å²) < 4.78 is 22.1. The fraction of sp³-hybridized carbons (Fsp3) is 0.633. The molecule has 0 bridgehead atoms. The minimum absolute atomic E-state index is 0.160. The van der Waals surface area contributed by atoms with Crippen molar-refractivity contribution in [2.45, 2.75) is 83.1 Å². The molecule has 2 fully saturated rings. The minimum Gasteiger partial charge on any atom is -0.469 e. The van der Waals surface area contributed by atoms with Crippen molar-refractivity contribution < 1.29 is 28.2 Å². The normalized spacial score (nSPS) is 18.3. The van der Waals surface area contributed by atoms with Crippen molar-refractivity contribution in [2.24, 2.45) is 5.92 Å². The van der Waals surface area contributed by atoms with E-state index in [0.717, 1.165) is 55.8 Å². The molecule has 1 atom stereocenters. The maximum Gasteiger partial charge on any atom is 0.305 e. The van der Waals surface area contributed by atoms with Gasteiger partial charge in [-0.25, -0.2) is 4.98 Å². The molecule has 1 N–H and O–H groups in total. The number of hydrogen-bond acceptors (Lipinski definition) is 8. The summed E-state index contributed by atoms with van der Waals surface area (Å²) in [5, 5.41) is 3.02. The highest BCUT2D eigenvalue weighted by Gasteiger charge is 2.33. The van der Waals surface area contributed by atoms with Crippen molar-refractivity contribution in [3.8, 4) is 11.5 Å². The third-order valence-electron chi connectivity index (χ3n) is 8.30. The number of amides is 1. The number of rotatable bonds is 12. The number of esters is 1. The molecule has 9 heteroatoms. The molecule has 0 spiro atoms. The number of carbonyl (C=O) groups excluding carboxylic acids is 2. The predicted octanol–water partition coefficient (Wildman–Crippen LogP) is 5.17. The molecule has 3 aliphatic rings. The van der Waals surface area contributed by atoms with Gasteiger partial charge in [0.1, 0.15) is 12.3 Å². The maximum absolute atomic E-state index is 12.9. The van der Waals surface area contributed by atoms with E-state index in [4.69, 9.17) is 18.6 Å². The molecular formula is C30H41N3O6. The van der Waals surface area contributed by atoms with Crippen LogP contribution in [0.5, 0.6) is 11.5 Å². The number of fused-ring (bicyclic) bond motifs is 1. The zero-order valence-corrected chi connectivity index (χ0v) is 23.0. The van der Waals surface area contributed by atoms with E-state index in [2.05, 4.69) is 15.2 Å². The van der Waals surface area contributed by atoms with Gasteiger partial charge in [0.05, 0.1) is 7.11 Å². The fourth-order valence-corrected chi connectivity index (χ4v) is 6.14. The van der Waals surface area contributed by atoms with Crippen molar-refractivity contribution in [3.05, 3.63) is 41.1 Å². The quantitative estimate of drug-likeness (QED) is 0.291. The van der Waals surface area contributed by atoms with Crippen LogP contribution in [0.15, 0.2) is 22.8 Å². The molecule has 3 heterocycles. The van der Waals surface area contributed by atoms with Crippen molar-refractivity contribution >= 4 is 11.9 Å². The first kappa shape index (κ1) is 27.5. The first-order valence-electron chi connectivity index (χ1n) is 14.6. The number of nitrogens with zero attached hydrogens (tertiary/aromatic N) is 2. The second-order valence-electron chi connectivity index (χ2n) is 11.0. The highest BCUT2D eigenvalue weighted by Crippen LogP contribution is 2.41. The van der Waals surface area contributed by atoms with Gasteiger partial charge in [0.15, 0.2) is 17.2 Å². The summed E-state index contributed by atoms with van der Waals surface area (Å²) in [4.78, 5) is 31.8. The van der Waals surface area contributed by atoms with Crippen LogP contribution in [0.2, 0.25) is 0 Å². The Bertz CT molecular complexity index is 1120. The second kappa shape index (κ2) is 13.3. The Balaban J connectivity index is 1.28. The molecule has 2 aromatic rings. The van der Waals surface area contributed by atoms with Crippen molar-refractivity contribution in [3.63, 3.8) is 0 Å². The van der Waals surface area contributed by atoms with Gasteiger partial charge in [-0.2, -0.15) is 0 Å². The summed E-state index contributed by atoms with van der Waals surface area (Å²) in [6.45, 7) is 2.58. The largest absolute Gasteiger partial charge is 0.469 e. The van der Waals surface area contributed by atoms with E-state index in [0.29, 0.717) is 36.0 Å². The lowest BCUT2D eigenvalue weighted by Gasteiger charge is -2.27. The number of ether oxygens (including phenoxy) is 3. The molecule has 39 heavy (non-hydrogen) atoms. The lowest BCUT2D eigenvalue weighted by molar-refractivity contribution is -0.140. The summed E-state index contributed by atoms with van der Waals surface area (Å²) in [7, 11) is 1.39. The van der Waals surface area contributed by atoms with E-state index >= 15 is 0 Å². The highest BCUT2D eigenvalue weighted by molar-refractivity contribution is 5.91. The zero-order chi connectivity index (χ0) is 27.0. The molecule has 1 aliphatic carbocycles. The molecule has 1 unspecified atom stereocenters. The lowest BCUT2D eigenvalue weighted by Crippen LogP contribution is -2.28. The van der Waals surface area contributed by atoms with Gasteiger partial charge in [-0.15, -0.1) is 0 Å². The average Bonchev–Trinajstić information content (AvgIpc) is 3.75. The average molecular weight is 540 g/mol. The van der Waals surface area contributed by atoms with E-state index in [-0.39, 0.29) is 31.1 Å². The number of nitrogens with one attached hydrogen (secondary N) is 1. The summed E-state index contributed by atoms with van der Waals surface area (Å²) in [5.41, 5.74) is 2.18. The molecule has 1 aromatic carbocycles. The van der Waals surface area contributed by atoms with Crippen LogP contribution in [-0.2, 0) is 16.0 Å². The number of benzene rings is 1. The van der Waals surface area contributed by atoms with Gasteiger partial charge in [0, 0.05) is 13.0 Å². The van der Waals surface area contributed by atoms with E-state index in [1.54, 1.807) is 0 Å². The number of likely N-dealkylation sites (tertiary alicyclic amines) is 1. The van der Waals surface area contributed by atoms with Gasteiger partial charge in [0.2, 0.25) is 12.7 Å². The van der Waals surface area contributed by atoms with Crippen LogP contribution in [-0.4, -0.2) is 55.3 Å². The van der Waals surface area contributed by atoms with E-state index < -0.39 is 0 Å². The number of unbranched alkanes of at least 4 members (excludes halogenated alkanes) is 1. The molecule has 1 saturated heterocycles.